The molecule has 1 heterocycles. The number of aromatic nitrogens is 2. The molecule has 20 heavy (non-hydrogen) atoms. The van der Waals surface area contributed by atoms with Gasteiger partial charge in [-0.1, -0.05) is 30.3 Å². The number of aryl methyl sites for hydroxylation is 3. The second-order valence-corrected chi connectivity index (χ2v) is 4.97. The normalized spacial score (nSPS) is 10.4. The summed E-state index contributed by atoms with van der Waals surface area (Å²) in [5.41, 5.74) is 2.37. The molecule has 0 aliphatic heterocycles. The molecule has 1 aromatic carbocycles. The van der Waals surface area contributed by atoms with Crippen molar-refractivity contribution in [1.82, 2.24) is 15.1 Å². The number of nitrogens with zero attached hydrogens (tertiary/aromatic N) is 2. The summed E-state index contributed by atoms with van der Waals surface area (Å²) in [6.45, 7) is 3.56. The highest BCUT2D eigenvalue weighted by Gasteiger charge is 2.01. The van der Waals surface area contributed by atoms with Crippen molar-refractivity contribution >= 4 is 5.91 Å². The van der Waals surface area contributed by atoms with Crippen molar-refractivity contribution in [3.8, 4) is 0 Å². The number of rotatable bonds is 7. The predicted molar refractivity (Wildman–Crippen MR) is 79.4 cm³/mol. The Kier molecular flexibility index (Phi) is 5.35. The molecule has 2 rings (SSSR count). The first kappa shape index (κ1) is 14.3. The summed E-state index contributed by atoms with van der Waals surface area (Å²) >= 11 is 0. The summed E-state index contributed by atoms with van der Waals surface area (Å²) in [5, 5.41) is 7.16. The fourth-order valence-electron chi connectivity index (χ4n) is 2.05. The fraction of sp³-hybridized carbons (Fsp3) is 0.375. The van der Waals surface area contributed by atoms with Crippen molar-refractivity contribution in [2.24, 2.45) is 0 Å². The first-order valence-corrected chi connectivity index (χ1v) is 7.04. The average Bonchev–Trinajstić information content (AvgIpc) is 2.88. The molecule has 4 heteroatoms. The van der Waals surface area contributed by atoms with Crippen LogP contribution in [0.15, 0.2) is 42.7 Å². The van der Waals surface area contributed by atoms with E-state index in [0.717, 1.165) is 24.9 Å². The highest BCUT2D eigenvalue weighted by atomic mass is 16.1. The van der Waals surface area contributed by atoms with Crippen LogP contribution in [0, 0.1) is 6.92 Å². The molecule has 0 fully saturated rings. The molecular weight excluding hydrogens is 250 g/mol. The van der Waals surface area contributed by atoms with Gasteiger partial charge in [-0.25, -0.2) is 0 Å². The lowest BCUT2D eigenvalue weighted by atomic mass is 10.1. The Hall–Kier alpha value is -2.10. The summed E-state index contributed by atoms with van der Waals surface area (Å²) in [6, 6.07) is 10.1. The molecule has 0 unspecified atom stereocenters. The van der Waals surface area contributed by atoms with Crippen molar-refractivity contribution in [2.75, 3.05) is 6.54 Å². The number of nitrogens with one attached hydrogen (secondary N) is 1. The highest BCUT2D eigenvalue weighted by molar-refractivity contribution is 5.76. The number of carbonyl (C=O) groups excluding carboxylic acids is 1. The van der Waals surface area contributed by atoms with Gasteiger partial charge in [-0.3, -0.25) is 9.48 Å². The first-order chi connectivity index (χ1) is 9.74. The Balaban J connectivity index is 1.58. The Labute approximate surface area is 119 Å². The van der Waals surface area contributed by atoms with Gasteiger partial charge in [0.05, 0.1) is 6.20 Å². The van der Waals surface area contributed by atoms with E-state index in [1.807, 2.05) is 54.3 Å². The highest BCUT2D eigenvalue weighted by Crippen LogP contribution is 2.02. The lowest BCUT2D eigenvalue weighted by Gasteiger charge is -2.05. The van der Waals surface area contributed by atoms with E-state index in [9.17, 15) is 4.79 Å². The molecule has 0 saturated carbocycles. The second-order valence-electron chi connectivity index (χ2n) is 4.97. The van der Waals surface area contributed by atoms with E-state index in [1.165, 1.54) is 5.56 Å². The average molecular weight is 271 g/mol. The molecule has 1 amide bonds. The van der Waals surface area contributed by atoms with Crippen molar-refractivity contribution < 1.29 is 4.79 Å². The Morgan fingerprint density at radius 3 is 2.80 bits per heavy atom. The zero-order valence-electron chi connectivity index (χ0n) is 11.9. The van der Waals surface area contributed by atoms with Crippen LogP contribution in [0.25, 0.3) is 0 Å². The third-order valence-electron chi connectivity index (χ3n) is 3.13. The van der Waals surface area contributed by atoms with E-state index in [4.69, 9.17) is 0 Å². The van der Waals surface area contributed by atoms with Gasteiger partial charge >= 0.3 is 0 Å². The van der Waals surface area contributed by atoms with Crippen LogP contribution in [-0.4, -0.2) is 22.2 Å². The molecule has 106 valence electrons. The lowest BCUT2D eigenvalue weighted by Crippen LogP contribution is -2.25. The molecule has 0 bridgehead atoms. The van der Waals surface area contributed by atoms with Crippen molar-refractivity contribution in [2.45, 2.75) is 32.7 Å². The zero-order valence-corrected chi connectivity index (χ0v) is 11.9. The molecule has 0 atom stereocenters. The Bertz CT molecular complexity index is 534. The Morgan fingerprint density at radius 1 is 1.30 bits per heavy atom. The van der Waals surface area contributed by atoms with Crippen LogP contribution in [0.5, 0.6) is 0 Å². The standard InChI is InChI=1S/C16H21N3O/c1-14-12-18-19(13-14)11-5-10-17-16(20)9-8-15-6-3-2-4-7-15/h2-4,6-7,12-13H,5,8-11H2,1H3,(H,17,20). The molecule has 0 aliphatic carbocycles. The van der Waals surface area contributed by atoms with Crippen LogP contribution in [0.1, 0.15) is 24.0 Å². The topological polar surface area (TPSA) is 46.9 Å². The predicted octanol–water partition coefficient (Wildman–Crippen LogP) is 2.33. The van der Waals surface area contributed by atoms with Crippen LogP contribution < -0.4 is 5.32 Å². The summed E-state index contributed by atoms with van der Waals surface area (Å²) in [4.78, 5) is 11.7. The van der Waals surface area contributed by atoms with E-state index in [1.54, 1.807) is 0 Å². The smallest absolute Gasteiger partial charge is 0.220 e. The van der Waals surface area contributed by atoms with Crippen molar-refractivity contribution in [3.63, 3.8) is 0 Å². The van der Waals surface area contributed by atoms with Gasteiger partial charge in [0.1, 0.15) is 0 Å². The van der Waals surface area contributed by atoms with Crippen molar-refractivity contribution in [3.05, 3.63) is 53.9 Å². The molecule has 0 spiro atoms. The van der Waals surface area contributed by atoms with Gasteiger partial charge in [0, 0.05) is 25.7 Å². The molecule has 4 nitrogen and oxygen atoms in total. The molecule has 0 radical (unpaired) electrons. The minimum atomic E-state index is 0.116. The van der Waals surface area contributed by atoms with E-state index >= 15 is 0 Å². The van der Waals surface area contributed by atoms with Crippen LogP contribution in [0.4, 0.5) is 0 Å². The van der Waals surface area contributed by atoms with E-state index < -0.39 is 0 Å². The van der Waals surface area contributed by atoms with E-state index in [0.29, 0.717) is 13.0 Å². The van der Waals surface area contributed by atoms with E-state index in [2.05, 4.69) is 10.4 Å². The minimum Gasteiger partial charge on any atom is -0.356 e. The zero-order chi connectivity index (χ0) is 14.2. The lowest BCUT2D eigenvalue weighted by molar-refractivity contribution is -0.121. The minimum absolute atomic E-state index is 0.116. The summed E-state index contributed by atoms with van der Waals surface area (Å²) < 4.78 is 1.91. The van der Waals surface area contributed by atoms with Gasteiger partial charge in [0.25, 0.3) is 0 Å². The van der Waals surface area contributed by atoms with Crippen molar-refractivity contribution in [1.29, 1.82) is 0 Å². The largest absolute Gasteiger partial charge is 0.356 e. The van der Waals surface area contributed by atoms with Crippen LogP contribution in [-0.2, 0) is 17.8 Å². The molecule has 0 saturated heterocycles. The molecule has 0 aliphatic rings. The van der Waals surface area contributed by atoms with Crippen LogP contribution >= 0.6 is 0 Å². The van der Waals surface area contributed by atoms with Gasteiger partial charge in [-0.15, -0.1) is 0 Å². The van der Waals surface area contributed by atoms with E-state index in [-0.39, 0.29) is 5.91 Å². The van der Waals surface area contributed by atoms with Gasteiger partial charge in [0.15, 0.2) is 0 Å². The maximum absolute atomic E-state index is 11.7. The van der Waals surface area contributed by atoms with Gasteiger partial charge < -0.3 is 5.32 Å². The van der Waals surface area contributed by atoms with Crippen LogP contribution in [0.3, 0.4) is 0 Å². The SMILES string of the molecule is Cc1cnn(CCCNC(=O)CCc2ccccc2)c1. The molecule has 2 aromatic rings. The number of amides is 1. The summed E-state index contributed by atoms with van der Waals surface area (Å²) in [7, 11) is 0. The molecular formula is C16H21N3O. The summed E-state index contributed by atoms with van der Waals surface area (Å²) in [6.07, 6.45) is 6.10. The maximum atomic E-state index is 11.7. The fourth-order valence-corrected chi connectivity index (χ4v) is 2.05. The number of carbonyl (C=O) groups is 1. The molecule has 1 aromatic heterocycles. The van der Waals surface area contributed by atoms with Gasteiger partial charge in [-0.2, -0.15) is 5.10 Å². The third kappa shape index (κ3) is 4.88. The third-order valence-corrected chi connectivity index (χ3v) is 3.13. The summed E-state index contributed by atoms with van der Waals surface area (Å²) in [5.74, 6) is 0.116. The quantitative estimate of drug-likeness (QED) is 0.786. The number of benzene rings is 1. The van der Waals surface area contributed by atoms with Gasteiger partial charge in [-0.05, 0) is 30.9 Å². The monoisotopic (exact) mass is 271 g/mol. The van der Waals surface area contributed by atoms with Gasteiger partial charge in [0.2, 0.25) is 5.91 Å². The maximum Gasteiger partial charge on any atom is 0.220 e. The number of hydrogen-bond acceptors (Lipinski definition) is 2. The van der Waals surface area contributed by atoms with Crippen LogP contribution in [0.2, 0.25) is 0 Å². The Morgan fingerprint density at radius 2 is 2.10 bits per heavy atom. The number of hydrogen-bond donors (Lipinski definition) is 1. The second kappa shape index (κ2) is 7.48. The first-order valence-electron chi connectivity index (χ1n) is 7.04. The molecule has 1 N–H and O–H groups in total.